The van der Waals surface area contributed by atoms with Crippen molar-refractivity contribution < 1.29 is 22.7 Å². The van der Waals surface area contributed by atoms with E-state index in [-0.39, 0.29) is 23.5 Å². The largest absolute Gasteiger partial charge is 0.484 e. The lowest BCUT2D eigenvalue weighted by Gasteiger charge is -2.25. The van der Waals surface area contributed by atoms with Crippen LogP contribution in [0, 0.1) is 6.92 Å². The van der Waals surface area contributed by atoms with Crippen LogP contribution in [-0.4, -0.2) is 45.6 Å². The molecule has 0 aromatic heterocycles. The fourth-order valence-corrected chi connectivity index (χ4v) is 6.31. The van der Waals surface area contributed by atoms with Crippen molar-refractivity contribution in [2.75, 3.05) is 17.5 Å². The first-order valence-electron chi connectivity index (χ1n) is 14.3. The highest BCUT2D eigenvalue weighted by Crippen LogP contribution is 2.27. The topological polar surface area (TPSA) is 117 Å². The Bertz CT molecular complexity index is 1480. The number of carbonyl (C=O) groups is 2. The Morgan fingerprint density at radius 1 is 0.952 bits per heavy atom. The number of amides is 2. The summed E-state index contributed by atoms with van der Waals surface area (Å²) in [6, 6.07) is 20.8. The molecule has 0 spiro atoms. The second-order valence-electron chi connectivity index (χ2n) is 10.4. The predicted molar refractivity (Wildman–Crippen MR) is 164 cm³/mol. The Morgan fingerprint density at radius 3 is 2.33 bits per heavy atom. The second-order valence-corrected chi connectivity index (χ2v) is 12.2. The number of benzene rings is 3. The van der Waals surface area contributed by atoms with Gasteiger partial charge in [-0.05, 0) is 79.8 Å². The van der Waals surface area contributed by atoms with Gasteiger partial charge in [-0.15, -0.1) is 0 Å². The first-order chi connectivity index (χ1) is 20.3. The summed E-state index contributed by atoms with van der Waals surface area (Å²) in [4.78, 5) is 25.2. The van der Waals surface area contributed by atoms with Crippen LogP contribution in [0.4, 0.5) is 5.69 Å². The summed E-state index contributed by atoms with van der Waals surface area (Å²) in [5, 5.41) is 7.04. The van der Waals surface area contributed by atoms with E-state index in [1.807, 2.05) is 26.0 Å². The van der Waals surface area contributed by atoms with Crippen molar-refractivity contribution >= 4 is 33.7 Å². The monoisotopic (exact) mass is 590 g/mol. The van der Waals surface area contributed by atoms with Gasteiger partial charge >= 0.3 is 0 Å². The minimum atomic E-state index is -4.02. The van der Waals surface area contributed by atoms with Crippen LogP contribution in [0.3, 0.4) is 0 Å². The first-order valence-corrected chi connectivity index (χ1v) is 15.7. The van der Waals surface area contributed by atoms with Crippen LogP contribution in [-0.2, 0) is 26.0 Å². The van der Waals surface area contributed by atoms with Crippen molar-refractivity contribution in [1.29, 1.82) is 0 Å². The average molecular weight is 591 g/mol. The summed E-state index contributed by atoms with van der Waals surface area (Å²) >= 11 is 0. The molecular formula is C32H38N4O5S. The van der Waals surface area contributed by atoms with Gasteiger partial charge in [-0.25, -0.2) is 13.8 Å². The quantitative estimate of drug-likeness (QED) is 0.234. The minimum absolute atomic E-state index is 0.0524. The summed E-state index contributed by atoms with van der Waals surface area (Å²) in [6.45, 7) is 3.32. The van der Waals surface area contributed by atoms with Crippen LogP contribution >= 0.6 is 0 Å². The second kappa shape index (κ2) is 14.6. The van der Waals surface area contributed by atoms with Gasteiger partial charge in [0.1, 0.15) is 12.3 Å². The third-order valence-corrected chi connectivity index (χ3v) is 8.93. The summed E-state index contributed by atoms with van der Waals surface area (Å²) in [7, 11) is -4.02. The molecule has 1 aliphatic rings. The Balaban J connectivity index is 1.36. The molecule has 3 aromatic carbocycles. The van der Waals surface area contributed by atoms with E-state index >= 15 is 0 Å². The molecule has 42 heavy (non-hydrogen) atoms. The van der Waals surface area contributed by atoms with Gasteiger partial charge in [-0.1, -0.05) is 62.1 Å². The van der Waals surface area contributed by atoms with Crippen LogP contribution in [0.2, 0.25) is 0 Å². The van der Waals surface area contributed by atoms with Gasteiger partial charge in [-0.2, -0.15) is 5.10 Å². The molecule has 0 atom stereocenters. The average Bonchev–Trinajstić information content (AvgIpc) is 3.00. The van der Waals surface area contributed by atoms with Crippen LogP contribution in [0.25, 0.3) is 0 Å². The molecule has 0 saturated heterocycles. The third-order valence-electron chi connectivity index (χ3n) is 7.16. The van der Waals surface area contributed by atoms with E-state index in [4.69, 9.17) is 4.74 Å². The van der Waals surface area contributed by atoms with Gasteiger partial charge in [0.25, 0.3) is 21.8 Å². The number of sulfonamides is 1. The molecule has 1 saturated carbocycles. The minimum Gasteiger partial charge on any atom is -0.484 e. The maximum Gasteiger partial charge on any atom is 0.264 e. The molecule has 0 aliphatic heterocycles. The van der Waals surface area contributed by atoms with Crippen molar-refractivity contribution in [2.45, 2.75) is 63.3 Å². The van der Waals surface area contributed by atoms with Crippen molar-refractivity contribution in [3.05, 3.63) is 89.5 Å². The summed E-state index contributed by atoms with van der Waals surface area (Å²) in [6.07, 6.45) is 7.60. The van der Waals surface area contributed by atoms with Crippen molar-refractivity contribution in [1.82, 2.24) is 10.7 Å². The molecular weight excluding hydrogens is 552 g/mol. The van der Waals surface area contributed by atoms with Gasteiger partial charge in [0, 0.05) is 6.04 Å². The molecule has 1 fully saturated rings. The first kappa shape index (κ1) is 30.8. The number of hydrogen-bond acceptors (Lipinski definition) is 6. The number of carbonyl (C=O) groups excluding carboxylic acids is 2. The fourth-order valence-electron chi connectivity index (χ4n) is 4.85. The van der Waals surface area contributed by atoms with E-state index in [1.165, 1.54) is 12.6 Å². The lowest BCUT2D eigenvalue weighted by molar-refractivity contribution is -0.124. The molecule has 0 radical (unpaired) electrons. The Morgan fingerprint density at radius 2 is 1.64 bits per heavy atom. The molecule has 1 aliphatic carbocycles. The number of hydrazone groups is 1. The molecule has 3 aromatic rings. The van der Waals surface area contributed by atoms with Crippen molar-refractivity contribution in [2.24, 2.45) is 5.10 Å². The van der Waals surface area contributed by atoms with Crippen LogP contribution < -0.4 is 19.8 Å². The molecule has 9 nitrogen and oxygen atoms in total. The summed E-state index contributed by atoms with van der Waals surface area (Å²) in [5.41, 5.74) is 5.31. The van der Waals surface area contributed by atoms with E-state index < -0.39 is 22.5 Å². The number of anilines is 1. The van der Waals surface area contributed by atoms with E-state index in [9.17, 15) is 18.0 Å². The number of hydrogen-bond donors (Lipinski definition) is 2. The van der Waals surface area contributed by atoms with Gasteiger partial charge in [0.2, 0.25) is 0 Å². The number of para-hydroxylation sites is 1. The number of nitrogens with one attached hydrogen (secondary N) is 2. The van der Waals surface area contributed by atoms with Crippen LogP contribution in [0.15, 0.2) is 82.8 Å². The third kappa shape index (κ3) is 8.42. The van der Waals surface area contributed by atoms with E-state index in [1.54, 1.807) is 60.7 Å². The maximum atomic E-state index is 13.6. The molecule has 0 unspecified atom stereocenters. The highest BCUT2D eigenvalue weighted by Gasteiger charge is 2.28. The Hall–Kier alpha value is -4.18. The molecule has 2 N–H and O–H groups in total. The lowest BCUT2D eigenvalue weighted by Crippen LogP contribution is -2.40. The maximum absolute atomic E-state index is 13.6. The standard InChI is InChI=1S/C32H38N4O5S/c1-3-26-9-7-8-12-30(26)36(42(39,40)29-19-13-24(2)14-20-29)22-31(37)35-33-21-25-15-17-28(18-16-25)41-23-32(38)34-27-10-5-4-6-11-27/h7-9,12-21,27H,3-6,10-11,22-23H2,1-2H3,(H,34,38)(H,35,37). The molecule has 0 bridgehead atoms. The van der Waals surface area contributed by atoms with Crippen LogP contribution in [0.1, 0.15) is 55.7 Å². The van der Waals surface area contributed by atoms with Crippen LogP contribution in [0.5, 0.6) is 5.75 Å². The highest BCUT2D eigenvalue weighted by molar-refractivity contribution is 7.92. The van der Waals surface area contributed by atoms with Crippen molar-refractivity contribution in [3.63, 3.8) is 0 Å². The molecule has 4 rings (SSSR count). The number of rotatable bonds is 12. The zero-order chi connectivity index (χ0) is 30.0. The predicted octanol–water partition coefficient (Wildman–Crippen LogP) is 4.73. The normalized spacial score (nSPS) is 14.0. The number of aryl methyl sites for hydroxylation is 2. The smallest absolute Gasteiger partial charge is 0.264 e. The van der Waals surface area contributed by atoms with Gasteiger partial charge < -0.3 is 10.1 Å². The molecule has 10 heteroatoms. The Labute approximate surface area is 248 Å². The Kier molecular flexibility index (Phi) is 10.7. The number of nitrogens with zero attached hydrogens (tertiary/aromatic N) is 2. The van der Waals surface area contributed by atoms with Gasteiger partial charge in [0.05, 0.1) is 16.8 Å². The fraction of sp³-hybridized carbons (Fsp3) is 0.344. The van der Waals surface area contributed by atoms with Gasteiger partial charge in [-0.3, -0.25) is 13.9 Å². The SMILES string of the molecule is CCc1ccccc1N(CC(=O)NN=Cc1ccc(OCC(=O)NC2CCCCC2)cc1)S(=O)(=O)c1ccc(C)cc1. The molecule has 2 amide bonds. The van der Waals surface area contributed by atoms with E-state index in [0.29, 0.717) is 23.4 Å². The highest BCUT2D eigenvalue weighted by atomic mass is 32.2. The van der Waals surface area contributed by atoms with Crippen molar-refractivity contribution in [3.8, 4) is 5.75 Å². The van der Waals surface area contributed by atoms with Gasteiger partial charge in [0.15, 0.2) is 6.61 Å². The summed E-state index contributed by atoms with van der Waals surface area (Å²) < 4.78 is 34.0. The zero-order valence-corrected chi connectivity index (χ0v) is 24.9. The molecule has 222 valence electrons. The lowest BCUT2D eigenvalue weighted by atomic mass is 9.95. The summed E-state index contributed by atoms with van der Waals surface area (Å²) in [5.74, 6) is -0.173. The zero-order valence-electron chi connectivity index (χ0n) is 24.1. The van der Waals surface area contributed by atoms with E-state index in [0.717, 1.165) is 41.1 Å². The van der Waals surface area contributed by atoms with E-state index in [2.05, 4.69) is 15.8 Å². The molecule has 0 heterocycles. The number of ether oxygens (including phenoxy) is 1.